The second-order valence-electron chi connectivity index (χ2n) is 6.44. The topological polar surface area (TPSA) is 55.4 Å². The molecule has 0 radical (unpaired) electrons. The van der Waals surface area contributed by atoms with E-state index in [-0.39, 0.29) is 18.6 Å². The van der Waals surface area contributed by atoms with Gasteiger partial charge in [0.05, 0.1) is 0 Å². The van der Waals surface area contributed by atoms with E-state index in [0.29, 0.717) is 16.9 Å². The first kappa shape index (κ1) is 18.5. The molecular weight excluding hydrogens is 326 g/mol. The average molecular weight is 350 g/mol. The van der Waals surface area contributed by atoms with E-state index in [2.05, 4.69) is 19.2 Å². The fraction of sp³-hybridized carbons (Fsp3) is 0.474. The van der Waals surface area contributed by atoms with Crippen LogP contribution in [0, 0.1) is 11.8 Å². The first-order chi connectivity index (χ1) is 11.5. The summed E-state index contributed by atoms with van der Waals surface area (Å²) in [6.07, 6.45) is 6.22. The van der Waals surface area contributed by atoms with E-state index in [1.54, 1.807) is 24.3 Å². The van der Waals surface area contributed by atoms with Gasteiger partial charge in [-0.2, -0.15) is 0 Å². The molecule has 2 rings (SSSR count). The number of benzene rings is 1. The highest BCUT2D eigenvalue weighted by molar-refractivity contribution is 6.30. The van der Waals surface area contributed by atoms with Gasteiger partial charge in [0.1, 0.15) is 0 Å². The number of esters is 1. The van der Waals surface area contributed by atoms with Crippen molar-refractivity contribution in [2.45, 2.75) is 39.2 Å². The zero-order valence-corrected chi connectivity index (χ0v) is 14.9. The minimum Gasteiger partial charge on any atom is -0.452 e. The number of halogens is 1. The van der Waals surface area contributed by atoms with Gasteiger partial charge in [-0.15, -0.1) is 0 Å². The third kappa shape index (κ3) is 5.68. The lowest BCUT2D eigenvalue weighted by Crippen LogP contribution is -2.45. The number of carbonyl (C=O) groups is 2. The fourth-order valence-electron chi connectivity index (χ4n) is 2.99. The van der Waals surface area contributed by atoms with E-state index in [4.69, 9.17) is 16.3 Å². The van der Waals surface area contributed by atoms with Gasteiger partial charge in [-0.1, -0.05) is 50.4 Å². The molecule has 24 heavy (non-hydrogen) atoms. The van der Waals surface area contributed by atoms with E-state index >= 15 is 0 Å². The number of hydrogen-bond acceptors (Lipinski definition) is 3. The van der Waals surface area contributed by atoms with Crippen LogP contribution in [0.4, 0.5) is 0 Å². The quantitative estimate of drug-likeness (QED) is 0.649. The largest absolute Gasteiger partial charge is 0.452 e. The molecule has 0 unspecified atom stereocenters. The molecule has 1 aliphatic rings. The standard InChI is InChI=1S/C19H24ClNO3/c1-13-5-3-8-17(14(13)2)21-18(22)12-24-19(23)10-9-15-6-4-7-16(20)11-15/h4,6-7,9-11,13-14,17H,3,5,8,12H2,1-2H3,(H,21,22)/b10-9+/t13-,14-,17+/m1/s1. The number of ether oxygens (including phenoxy) is 1. The predicted octanol–water partition coefficient (Wildman–Crippen LogP) is 3.84. The van der Waals surface area contributed by atoms with Gasteiger partial charge in [0.15, 0.2) is 6.61 Å². The minimum atomic E-state index is -0.546. The normalized spacial score (nSPS) is 23.9. The minimum absolute atomic E-state index is 0.168. The lowest BCUT2D eigenvalue weighted by atomic mass is 9.78. The van der Waals surface area contributed by atoms with Gasteiger partial charge >= 0.3 is 5.97 Å². The molecule has 0 bridgehead atoms. The number of amides is 1. The second-order valence-corrected chi connectivity index (χ2v) is 6.87. The number of rotatable bonds is 5. The van der Waals surface area contributed by atoms with Crippen molar-refractivity contribution in [2.75, 3.05) is 6.61 Å². The van der Waals surface area contributed by atoms with Gasteiger partial charge in [0.25, 0.3) is 5.91 Å². The third-order valence-corrected chi connectivity index (χ3v) is 4.89. The van der Waals surface area contributed by atoms with Crippen molar-refractivity contribution in [3.63, 3.8) is 0 Å². The SMILES string of the molecule is C[C@@H]1[C@H](C)CCC[C@@H]1NC(=O)COC(=O)/C=C/c1cccc(Cl)c1. The van der Waals surface area contributed by atoms with E-state index in [0.717, 1.165) is 18.4 Å². The van der Waals surface area contributed by atoms with Crippen LogP contribution in [0.15, 0.2) is 30.3 Å². The first-order valence-electron chi connectivity index (χ1n) is 8.35. The Hall–Kier alpha value is -1.81. The molecule has 0 aliphatic heterocycles. The summed E-state index contributed by atoms with van der Waals surface area (Å²) in [5, 5.41) is 3.58. The van der Waals surface area contributed by atoms with Crippen molar-refractivity contribution < 1.29 is 14.3 Å². The summed E-state index contributed by atoms with van der Waals surface area (Å²) < 4.78 is 4.99. The average Bonchev–Trinajstić information content (AvgIpc) is 2.55. The van der Waals surface area contributed by atoms with Crippen molar-refractivity contribution >= 4 is 29.6 Å². The summed E-state index contributed by atoms with van der Waals surface area (Å²) in [4.78, 5) is 23.6. The smallest absolute Gasteiger partial charge is 0.331 e. The Morgan fingerprint density at radius 3 is 2.88 bits per heavy atom. The first-order valence-corrected chi connectivity index (χ1v) is 8.73. The summed E-state index contributed by atoms with van der Waals surface area (Å²) in [6, 6.07) is 7.29. The lowest BCUT2D eigenvalue weighted by Gasteiger charge is -2.34. The molecule has 130 valence electrons. The van der Waals surface area contributed by atoms with Crippen LogP contribution in [0.5, 0.6) is 0 Å². The maximum absolute atomic E-state index is 12.0. The molecule has 1 amide bonds. The van der Waals surface area contributed by atoms with Gasteiger partial charge in [-0.05, 0) is 42.0 Å². The maximum atomic E-state index is 12.0. The molecule has 1 fully saturated rings. The van der Waals surface area contributed by atoms with E-state index in [1.165, 1.54) is 12.5 Å². The second kappa shape index (κ2) is 8.88. The van der Waals surface area contributed by atoms with Crippen LogP contribution >= 0.6 is 11.6 Å². The van der Waals surface area contributed by atoms with Crippen molar-refractivity contribution in [1.29, 1.82) is 0 Å². The summed E-state index contributed by atoms with van der Waals surface area (Å²) in [5.74, 6) is 0.258. The molecule has 1 N–H and O–H groups in total. The summed E-state index contributed by atoms with van der Waals surface area (Å²) in [5.41, 5.74) is 0.800. The molecule has 4 nitrogen and oxygen atoms in total. The van der Waals surface area contributed by atoms with Crippen LogP contribution in [-0.4, -0.2) is 24.5 Å². The van der Waals surface area contributed by atoms with E-state index in [9.17, 15) is 9.59 Å². The van der Waals surface area contributed by atoms with Crippen molar-refractivity contribution in [3.8, 4) is 0 Å². The van der Waals surface area contributed by atoms with Crippen LogP contribution in [0.1, 0.15) is 38.7 Å². The van der Waals surface area contributed by atoms with Gasteiger partial charge in [-0.25, -0.2) is 4.79 Å². The molecule has 1 aliphatic carbocycles. The van der Waals surface area contributed by atoms with Crippen molar-refractivity contribution in [1.82, 2.24) is 5.32 Å². The third-order valence-electron chi connectivity index (χ3n) is 4.66. The zero-order chi connectivity index (χ0) is 17.5. The van der Waals surface area contributed by atoms with Gasteiger partial charge in [0.2, 0.25) is 0 Å². The fourth-order valence-corrected chi connectivity index (χ4v) is 3.19. The Bertz CT molecular complexity index is 614. The number of carbonyl (C=O) groups excluding carboxylic acids is 2. The molecule has 0 heterocycles. The molecule has 1 aromatic rings. The van der Waals surface area contributed by atoms with Crippen LogP contribution in [-0.2, 0) is 14.3 Å². The number of hydrogen-bond donors (Lipinski definition) is 1. The highest BCUT2D eigenvalue weighted by Gasteiger charge is 2.28. The van der Waals surface area contributed by atoms with Crippen LogP contribution < -0.4 is 5.32 Å². The molecule has 5 heteroatoms. The summed E-state index contributed by atoms with van der Waals surface area (Å²) in [7, 11) is 0. The Kier molecular flexibility index (Phi) is 6.85. The molecule has 3 atom stereocenters. The monoisotopic (exact) mass is 349 g/mol. The molecule has 0 saturated heterocycles. The highest BCUT2D eigenvalue weighted by atomic mass is 35.5. The Labute approximate surface area is 148 Å². The molecule has 1 saturated carbocycles. The van der Waals surface area contributed by atoms with E-state index in [1.807, 2.05) is 6.07 Å². The predicted molar refractivity (Wildman–Crippen MR) is 95.6 cm³/mol. The van der Waals surface area contributed by atoms with E-state index < -0.39 is 5.97 Å². The van der Waals surface area contributed by atoms with Gasteiger partial charge < -0.3 is 10.1 Å². The Morgan fingerprint density at radius 1 is 1.33 bits per heavy atom. The van der Waals surface area contributed by atoms with Crippen LogP contribution in [0.2, 0.25) is 5.02 Å². The van der Waals surface area contributed by atoms with Crippen LogP contribution in [0.3, 0.4) is 0 Å². The van der Waals surface area contributed by atoms with Crippen molar-refractivity contribution in [2.24, 2.45) is 11.8 Å². The maximum Gasteiger partial charge on any atom is 0.331 e. The molecule has 0 spiro atoms. The zero-order valence-electron chi connectivity index (χ0n) is 14.1. The summed E-state index contributed by atoms with van der Waals surface area (Å²) in [6.45, 7) is 4.12. The van der Waals surface area contributed by atoms with Crippen LogP contribution in [0.25, 0.3) is 6.08 Å². The molecular formula is C19H24ClNO3. The van der Waals surface area contributed by atoms with Gasteiger partial charge in [0, 0.05) is 17.1 Å². The Morgan fingerprint density at radius 2 is 2.12 bits per heavy atom. The highest BCUT2D eigenvalue weighted by Crippen LogP contribution is 2.29. The summed E-state index contributed by atoms with van der Waals surface area (Å²) >= 11 is 5.87. The molecule has 1 aromatic carbocycles. The molecule has 0 aromatic heterocycles. The lowest BCUT2D eigenvalue weighted by molar-refractivity contribution is -0.144. The van der Waals surface area contributed by atoms with Crippen molar-refractivity contribution in [3.05, 3.63) is 40.9 Å². The Balaban J connectivity index is 1.76. The number of nitrogens with one attached hydrogen (secondary N) is 1. The van der Waals surface area contributed by atoms with Gasteiger partial charge in [-0.3, -0.25) is 4.79 Å².